The number of nitrogens with one attached hydrogen (secondary N) is 2. The second-order valence-electron chi connectivity index (χ2n) is 22.0. The molecule has 2 spiro atoms. The highest BCUT2D eigenvalue weighted by molar-refractivity contribution is 7.90. The average Bonchev–Trinajstić information content (AvgIpc) is 3.86. The number of fused-ring (bicyclic) bond motifs is 1. The van der Waals surface area contributed by atoms with Crippen LogP contribution in [0.1, 0.15) is 164 Å². The van der Waals surface area contributed by atoms with Crippen molar-refractivity contribution >= 4 is 39.3 Å². The monoisotopic (exact) mass is 839 g/mol. The van der Waals surface area contributed by atoms with Crippen LogP contribution in [0.4, 0.5) is 0 Å². The summed E-state index contributed by atoms with van der Waals surface area (Å²) in [6.45, 7) is 19.9. The Hall–Kier alpha value is -2.60. The highest BCUT2D eigenvalue weighted by atomic mass is 32.2. The summed E-state index contributed by atoms with van der Waals surface area (Å²) in [4.78, 5) is 77.1. The molecule has 0 aromatic heterocycles. The van der Waals surface area contributed by atoms with E-state index in [0.717, 1.165) is 83.6 Å². The van der Waals surface area contributed by atoms with Gasteiger partial charge in [-0.05, 0) is 113 Å². The Balaban J connectivity index is 1.15. The summed E-state index contributed by atoms with van der Waals surface area (Å²) in [5.41, 5.74) is -2.17. The van der Waals surface area contributed by atoms with Crippen molar-refractivity contribution in [1.29, 1.82) is 0 Å². The number of piperidine rings is 1. The van der Waals surface area contributed by atoms with E-state index in [1.165, 1.54) is 0 Å². The summed E-state index contributed by atoms with van der Waals surface area (Å²) in [5.74, 6) is -2.36. The second-order valence-corrected chi connectivity index (χ2v) is 24.0. The lowest BCUT2D eigenvalue weighted by Gasteiger charge is -2.40. The molecule has 5 aliphatic carbocycles. The zero-order chi connectivity index (χ0) is 42.9. The maximum absolute atomic E-state index is 15.4. The highest BCUT2D eigenvalue weighted by Gasteiger charge is 2.85. The van der Waals surface area contributed by atoms with E-state index in [9.17, 15) is 27.6 Å². The molecule has 0 aromatic carbocycles. The number of likely N-dealkylation sites (tertiary alicyclic amines) is 2. The van der Waals surface area contributed by atoms with E-state index in [1.54, 1.807) is 11.0 Å². The van der Waals surface area contributed by atoms with Gasteiger partial charge in [-0.25, -0.2) is 8.42 Å². The zero-order valence-electron chi connectivity index (χ0n) is 37.2. The minimum Gasteiger partial charge on any atom is -0.345 e. The number of ketones is 2. The number of nitrogens with zero attached hydrogens (tertiary/aromatic N) is 2. The summed E-state index contributed by atoms with van der Waals surface area (Å²) in [7, 11) is -3.86. The average molecular weight is 839 g/mol. The Labute approximate surface area is 354 Å². The number of sulfonamides is 1. The molecule has 0 radical (unpaired) electrons. The molecule has 0 aromatic rings. The molecule has 2 aliphatic heterocycles. The van der Waals surface area contributed by atoms with Crippen LogP contribution >= 0.6 is 0 Å². The summed E-state index contributed by atoms with van der Waals surface area (Å²) in [6, 6.07) is -1.55. The quantitative estimate of drug-likeness (QED) is 0.170. The summed E-state index contributed by atoms with van der Waals surface area (Å²) in [5, 5.41) is 2.68. The van der Waals surface area contributed by atoms with Crippen LogP contribution in [0.5, 0.6) is 0 Å². The molecule has 330 valence electrons. The first kappa shape index (κ1) is 44.5. The molecule has 7 fully saturated rings. The van der Waals surface area contributed by atoms with Crippen LogP contribution in [0.15, 0.2) is 12.7 Å². The fraction of sp³-hybridized carbons (Fsp3) is 0.851. The molecule has 11 nitrogen and oxygen atoms in total. The van der Waals surface area contributed by atoms with Crippen molar-refractivity contribution in [3.05, 3.63) is 12.7 Å². The first-order chi connectivity index (χ1) is 27.7. The van der Waals surface area contributed by atoms with Gasteiger partial charge in [-0.3, -0.25) is 33.6 Å². The van der Waals surface area contributed by atoms with Gasteiger partial charge in [0.2, 0.25) is 27.7 Å². The van der Waals surface area contributed by atoms with E-state index in [4.69, 9.17) is 0 Å². The van der Waals surface area contributed by atoms with Gasteiger partial charge in [0.15, 0.2) is 11.6 Å². The lowest BCUT2D eigenvalue weighted by Crippen LogP contribution is -2.57. The van der Waals surface area contributed by atoms with Crippen LogP contribution < -0.4 is 10.0 Å². The van der Waals surface area contributed by atoms with E-state index in [2.05, 4.69) is 49.2 Å². The van der Waals surface area contributed by atoms with E-state index in [1.807, 2.05) is 20.8 Å². The van der Waals surface area contributed by atoms with Gasteiger partial charge in [0.05, 0.1) is 28.8 Å². The Morgan fingerprint density at radius 1 is 0.847 bits per heavy atom. The van der Waals surface area contributed by atoms with Crippen molar-refractivity contribution in [3.63, 3.8) is 0 Å². The Bertz CT molecular complexity index is 1800. The minimum atomic E-state index is -3.86. The molecule has 7 atom stereocenters. The van der Waals surface area contributed by atoms with Crippen LogP contribution in [0.3, 0.4) is 0 Å². The molecule has 2 heterocycles. The summed E-state index contributed by atoms with van der Waals surface area (Å²) in [6.07, 6.45) is 14.9. The van der Waals surface area contributed by atoms with Crippen molar-refractivity contribution in [1.82, 2.24) is 19.8 Å². The number of Topliss-reactive ketones (excluding diaryl/α,β-unsaturated/α-hetero) is 2. The predicted molar refractivity (Wildman–Crippen MR) is 228 cm³/mol. The van der Waals surface area contributed by atoms with E-state index in [0.29, 0.717) is 32.2 Å². The molecule has 12 heteroatoms. The largest absolute Gasteiger partial charge is 0.345 e. The van der Waals surface area contributed by atoms with Crippen molar-refractivity contribution in [3.8, 4) is 0 Å². The van der Waals surface area contributed by atoms with Gasteiger partial charge in [0, 0.05) is 36.8 Å². The number of carbonyl (C=O) groups excluding carboxylic acids is 5. The molecule has 0 unspecified atom stereocenters. The van der Waals surface area contributed by atoms with Crippen LogP contribution in [-0.4, -0.2) is 90.0 Å². The Morgan fingerprint density at radius 3 is 2.03 bits per heavy atom. The lowest BCUT2D eigenvalue weighted by molar-refractivity contribution is -0.147. The van der Waals surface area contributed by atoms with Gasteiger partial charge in [0.1, 0.15) is 0 Å². The van der Waals surface area contributed by atoms with Crippen LogP contribution in [0.25, 0.3) is 0 Å². The minimum absolute atomic E-state index is 0.00826. The van der Waals surface area contributed by atoms with Crippen molar-refractivity contribution in [2.45, 2.75) is 193 Å². The number of carbonyl (C=O) groups is 5. The summed E-state index contributed by atoms with van der Waals surface area (Å²) < 4.78 is 28.5. The van der Waals surface area contributed by atoms with Gasteiger partial charge in [-0.15, -0.1) is 6.58 Å². The normalized spacial score (nSPS) is 32.8. The van der Waals surface area contributed by atoms with Gasteiger partial charge < -0.3 is 10.2 Å². The maximum Gasteiger partial charge on any atom is 0.240 e. The molecule has 2 saturated heterocycles. The fourth-order valence-corrected chi connectivity index (χ4v) is 14.6. The standard InChI is InChI=1S/C47H74N4O7S/c1-9-32-26-45(32,42(56)49-59(57,58)33-19-15-20-33)28-38(53)36-27-47(44(7,8)46(47)22-16-23-46)29-51(36)41(55)34(43(4,5)6)25-37(52)39(31-17-11-10-12-18-31)48-40(54)35-21-13-14-24-50(35)30(2)3/h9,30-36,39H,1,10-29H2,2-8H3,(H,48,54)(H,49,56)/t32-,34-,35+,36+,39+,45-,47-/m1/s1. The summed E-state index contributed by atoms with van der Waals surface area (Å²) >= 11 is 0. The molecule has 7 rings (SSSR count). The maximum atomic E-state index is 15.4. The lowest BCUT2D eigenvalue weighted by atomic mass is 9.73. The number of hydrogen-bond donors (Lipinski definition) is 2. The number of hydrogen-bond acceptors (Lipinski definition) is 8. The SMILES string of the molecule is C=C[C@@H]1C[C@]1(CC(=O)[C@@H]1C[C@@]2(CN1C(=O)[C@@H](CC(=O)[C@@H](NC(=O)[C@@H]1CCCCN1C(C)C)C1CCCCC1)C(C)(C)C)C(C)(C)C21CCC1)C(=O)NS(=O)(=O)C1CCC1. The Kier molecular flexibility index (Phi) is 12.0. The highest BCUT2D eigenvalue weighted by Crippen LogP contribution is 2.88. The molecule has 0 bridgehead atoms. The fourth-order valence-electron chi connectivity index (χ4n) is 13.1. The zero-order valence-corrected chi connectivity index (χ0v) is 38.0. The molecule has 2 N–H and O–H groups in total. The van der Waals surface area contributed by atoms with Gasteiger partial charge in [-0.2, -0.15) is 0 Å². The van der Waals surface area contributed by atoms with E-state index in [-0.39, 0.29) is 76.4 Å². The number of rotatable bonds is 15. The third-order valence-corrected chi connectivity index (χ3v) is 19.4. The third kappa shape index (κ3) is 7.58. The molecular formula is C47H74N4O7S. The topological polar surface area (TPSA) is 150 Å². The first-order valence-corrected chi connectivity index (χ1v) is 24.8. The molecule has 5 saturated carbocycles. The Morgan fingerprint density at radius 2 is 1.51 bits per heavy atom. The molecule has 59 heavy (non-hydrogen) atoms. The second kappa shape index (κ2) is 15.9. The van der Waals surface area contributed by atoms with Crippen molar-refractivity contribution in [2.24, 2.45) is 44.8 Å². The van der Waals surface area contributed by atoms with E-state index < -0.39 is 50.0 Å². The van der Waals surface area contributed by atoms with Crippen LogP contribution in [0.2, 0.25) is 0 Å². The third-order valence-electron chi connectivity index (χ3n) is 17.6. The van der Waals surface area contributed by atoms with Crippen LogP contribution in [-0.2, 0) is 34.0 Å². The van der Waals surface area contributed by atoms with E-state index >= 15 is 4.79 Å². The van der Waals surface area contributed by atoms with Crippen molar-refractivity contribution in [2.75, 3.05) is 13.1 Å². The van der Waals surface area contributed by atoms with Gasteiger partial charge in [-0.1, -0.05) is 79.2 Å². The first-order valence-electron chi connectivity index (χ1n) is 23.3. The molecular weight excluding hydrogens is 765 g/mol. The molecule has 7 aliphatic rings. The van der Waals surface area contributed by atoms with Crippen LogP contribution in [0, 0.1) is 44.8 Å². The van der Waals surface area contributed by atoms with Gasteiger partial charge >= 0.3 is 0 Å². The molecule has 3 amide bonds. The smallest absolute Gasteiger partial charge is 0.240 e. The van der Waals surface area contributed by atoms with Gasteiger partial charge in [0.25, 0.3) is 0 Å². The van der Waals surface area contributed by atoms with Crippen molar-refractivity contribution < 1.29 is 32.4 Å². The predicted octanol–water partition coefficient (Wildman–Crippen LogP) is 6.88. The number of amides is 3. The number of allylic oxidation sites excluding steroid dienone is 1.